The van der Waals surface area contributed by atoms with E-state index in [1.807, 2.05) is 0 Å². The number of carbonyl (C=O) groups is 1. The van der Waals surface area contributed by atoms with E-state index in [1.54, 1.807) is 37.6 Å². The lowest BCUT2D eigenvalue weighted by Crippen LogP contribution is -2.31. The van der Waals surface area contributed by atoms with Gasteiger partial charge in [-0.1, -0.05) is 6.07 Å². The first-order chi connectivity index (χ1) is 14.1. The van der Waals surface area contributed by atoms with Gasteiger partial charge in [0.1, 0.15) is 17.2 Å². The molecule has 0 saturated carbocycles. The fourth-order valence-electron chi connectivity index (χ4n) is 3.06. The quantitative estimate of drug-likeness (QED) is 0.595. The summed E-state index contributed by atoms with van der Waals surface area (Å²) in [4.78, 5) is 16.5. The number of rotatable bonds is 7. The molecule has 0 unspecified atom stereocenters. The summed E-state index contributed by atoms with van der Waals surface area (Å²) in [7, 11) is -2.13. The molecular weight excluding hydrogens is 414 g/mol. The van der Waals surface area contributed by atoms with Crippen molar-refractivity contribution in [1.29, 1.82) is 0 Å². The Morgan fingerprint density at radius 2 is 1.90 bits per heavy atom. The number of para-hydroxylation sites is 1. The van der Waals surface area contributed by atoms with E-state index in [1.165, 1.54) is 6.07 Å². The van der Waals surface area contributed by atoms with E-state index in [4.69, 9.17) is 0 Å². The Kier molecular flexibility index (Phi) is 6.18. The van der Waals surface area contributed by atoms with E-state index in [2.05, 4.69) is 15.0 Å². The number of fused-ring (bicyclic) bond motifs is 1. The van der Waals surface area contributed by atoms with Gasteiger partial charge in [0.25, 0.3) is 5.91 Å². The molecule has 1 heterocycles. The first-order valence-corrected chi connectivity index (χ1v) is 10.8. The molecule has 2 N–H and O–H groups in total. The Labute approximate surface area is 173 Å². The standard InChI is InChI=1S/C20H22F2N4O3S/c1-12(2)25-30(28,29)13-7-8-15(21)14(11-13)20(27)23-10-9-18-24-19-16(22)5-4-6-17(19)26(18)3/h4-8,11-12,25H,9-10H2,1-3H3,(H,23,27). The van der Waals surface area contributed by atoms with Gasteiger partial charge in [-0.2, -0.15) is 0 Å². The minimum atomic E-state index is -3.87. The fraction of sp³-hybridized carbons (Fsp3) is 0.300. The lowest BCUT2D eigenvalue weighted by atomic mass is 10.2. The van der Waals surface area contributed by atoms with Gasteiger partial charge in [0.05, 0.1) is 16.0 Å². The number of amides is 1. The van der Waals surface area contributed by atoms with Crippen molar-refractivity contribution in [2.75, 3.05) is 6.54 Å². The van der Waals surface area contributed by atoms with Crippen LogP contribution in [0.5, 0.6) is 0 Å². The molecule has 0 radical (unpaired) electrons. The molecule has 0 aliphatic carbocycles. The van der Waals surface area contributed by atoms with Crippen LogP contribution in [0.25, 0.3) is 11.0 Å². The summed E-state index contributed by atoms with van der Waals surface area (Å²) in [6.45, 7) is 3.42. The molecule has 0 spiro atoms. The van der Waals surface area contributed by atoms with Crippen LogP contribution in [-0.4, -0.2) is 36.5 Å². The highest BCUT2D eigenvalue weighted by atomic mass is 32.2. The van der Waals surface area contributed by atoms with Crippen LogP contribution in [0.3, 0.4) is 0 Å². The maximum atomic E-state index is 14.1. The zero-order chi connectivity index (χ0) is 22.1. The average Bonchev–Trinajstić information content (AvgIpc) is 2.98. The molecule has 10 heteroatoms. The summed E-state index contributed by atoms with van der Waals surface area (Å²) >= 11 is 0. The molecule has 160 valence electrons. The van der Waals surface area contributed by atoms with Crippen molar-refractivity contribution >= 4 is 27.0 Å². The molecule has 0 bridgehead atoms. The highest BCUT2D eigenvalue weighted by Crippen LogP contribution is 2.18. The summed E-state index contributed by atoms with van der Waals surface area (Å²) < 4.78 is 56.6. The van der Waals surface area contributed by atoms with Gasteiger partial charge in [0.2, 0.25) is 10.0 Å². The van der Waals surface area contributed by atoms with Gasteiger partial charge in [0.15, 0.2) is 5.82 Å². The van der Waals surface area contributed by atoms with E-state index >= 15 is 0 Å². The number of imidazole rings is 1. The molecule has 0 saturated heterocycles. The molecule has 0 atom stereocenters. The summed E-state index contributed by atoms with van der Waals surface area (Å²) in [5.74, 6) is -1.47. The molecule has 7 nitrogen and oxygen atoms in total. The summed E-state index contributed by atoms with van der Waals surface area (Å²) in [6.07, 6.45) is 0.283. The molecule has 3 rings (SSSR count). The van der Waals surface area contributed by atoms with Crippen LogP contribution in [0.1, 0.15) is 30.0 Å². The van der Waals surface area contributed by atoms with Crippen LogP contribution in [0.2, 0.25) is 0 Å². The van der Waals surface area contributed by atoms with Gasteiger partial charge < -0.3 is 9.88 Å². The van der Waals surface area contributed by atoms with Crippen molar-refractivity contribution in [2.24, 2.45) is 7.05 Å². The fourth-order valence-corrected chi connectivity index (χ4v) is 4.34. The number of halogens is 2. The molecule has 0 aliphatic rings. The number of nitrogens with one attached hydrogen (secondary N) is 2. The van der Waals surface area contributed by atoms with Crippen molar-refractivity contribution in [3.63, 3.8) is 0 Å². The van der Waals surface area contributed by atoms with Gasteiger partial charge in [-0.3, -0.25) is 4.79 Å². The highest BCUT2D eigenvalue weighted by Gasteiger charge is 2.20. The molecule has 0 aliphatic heterocycles. The molecule has 1 amide bonds. The number of aromatic nitrogens is 2. The Balaban J connectivity index is 1.73. The monoisotopic (exact) mass is 436 g/mol. The van der Waals surface area contributed by atoms with Gasteiger partial charge in [0, 0.05) is 26.1 Å². The molecular formula is C20H22F2N4O3S. The smallest absolute Gasteiger partial charge is 0.254 e. The van der Waals surface area contributed by atoms with Crippen LogP contribution in [0, 0.1) is 11.6 Å². The molecule has 3 aromatic rings. The van der Waals surface area contributed by atoms with Gasteiger partial charge in [-0.05, 0) is 44.2 Å². The summed E-state index contributed by atoms with van der Waals surface area (Å²) in [5, 5.41) is 2.55. The minimum absolute atomic E-state index is 0.109. The summed E-state index contributed by atoms with van der Waals surface area (Å²) in [5.41, 5.74) is 0.485. The maximum Gasteiger partial charge on any atom is 0.254 e. The van der Waals surface area contributed by atoms with Crippen LogP contribution >= 0.6 is 0 Å². The average molecular weight is 436 g/mol. The van der Waals surface area contributed by atoms with Crippen molar-refractivity contribution in [1.82, 2.24) is 19.6 Å². The Hall–Kier alpha value is -2.85. The number of hydrogen-bond donors (Lipinski definition) is 2. The minimum Gasteiger partial charge on any atom is -0.351 e. The van der Waals surface area contributed by atoms with E-state index in [-0.39, 0.29) is 35.0 Å². The second kappa shape index (κ2) is 8.49. The predicted molar refractivity (Wildman–Crippen MR) is 109 cm³/mol. The first kappa shape index (κ1) is 21.8. The highest BCUT2D eigenvalue weighted by molar-refractivity contribution is 7.89. The van der Waals surface area contributed by atoms with Crippen molar-refractivity contribution in [3.05, 3.63) is 59.4 Å². The third-order valence-corrected chi connectivity index (χ3v) is 6.13. The van der Waals surface area contributed by atoms with Crippen LogP contribution < -0.4 is 10.0 Å². The second-order valence-electron chi connectivity index (χ2n) is 7.12. The zero-order valence-electron chi connectivity index (χ0n) is 16.7. The molecule has 2 aromatic carbocycles. The SMILES string of the molecule is CC(C)NS(=O)(=O)c1ccc(F)c(C(=O)NCCc2nc3c(F)cccc3n2C)c1. The third-order valence-electron chi connectivity index (χ3n) is 4.47. The van der Waals surface area contributed by atoms with Crippen LogP contribution in [0.4, 0.5) is 8.78 Å². The first-order valence-electron chi connectivity index (χ1n) is 9.30. The van der Waals surface area contributed by atoms with E-state index in [0.29, 0.717) is 11.3 Å². The normalized spacial score (nSPS) is 11.9. The number of carbonyl (C=O) groups excluding carboxylic acids is 1. The number of nitrogens with zero attached hydrogens (tertiary/aromatic N) is 2. The van der Waals surface area contributed by atoms with Crippen LogP contribution in [-0.2, 0) is 23.5 Å². The lowest BCUT2D eigenvalue weighted by molar-refractivity contribution is 0.0949. The van der Waals surface area contributed by atoms with E-state index in [0.717, 1.165) is 18.2 Å². The number of aryl methyl sites for hydroxylation is 1. The topological polar surface area (TPSA) is 93.1 Å². The van der Waals surface area contributed by atoms with E-state index in [9.17, 15) is 22.0 Å². The van der Waals surface area contributed by atoms with Gasteiger partial charge in [-0.25, -0.2) is 26.9 Å². The van der Waals surface area contributed by atoms with Crippen molar-refractivity contribution in [2.45, 2.75) is 31.2 Å². The molecule has 30 heavy (non-hydrogen) atoms. The van der Waals surface area contributed by atoms with Crippen molar-refractivity contribution in [3.8, 4) is 0 Å². The summed E-state index contributed by atoms with van der Waals surface area (Å²) in [6, 6.07) is 7.33. The zero-order valence-corrected chi connectivity index (χ0v) is 17.6. The van der Waals surface area contributed by atoms with Crippen LogP contribution in [0.15, 0.2) is 41.3 Å². The van der Waals surface area contributed by atoms with E-state index < -0.39 is 27.6 Å². The Morgan fingerprint density at radius 3 is 2.57 bits per heavy atom. The van der Waals surface area contributed by atoms with Gasteiger partial charge >= 0.3 is 0 Å². The van der Waals surface area contributed by atoms with Crippen molar-refractivity contribution < 1.29 is 22.0 Å². The number of benzene rings is 2. The number of sulfonamides is 1. The molecule has 1 aromatic heterocycles. The Bertz CT molecular complexity index is 1210. The lowest BCUT2D eigenvalue weighted by Gasteiger charge is -2.11. The van der Waals surface area contributed by atoms with Gasteiger partial charge in [-0.15, -0.1) is 0 Å². The second-order valence-corrected chi connectivity index (χ2v) is 8.83. The molecule has 0 fully saturated rings. The maximum absolute atomic E-state index is 14.1. The number of hydrogen-bond acceptors (Lipinski definition) is 4. The Morgan fingerprint density at radius 1 is 1.17 bits per heavy atom. The predicted octanol–water partition coefficient (Wildman–Crippen LogP) is 2.51. The third kappa shape index (κ3) is 4.49. The largest absolute Gasteiger partial charge is 0.351 e.